The first-order valence-electron chi connectivity index (χ1n) is 15.2. The third-order valence-corrected chi connectivity index (χ3v) is 11.8. The molecule has 1 aromatic rings. The molecule has 0 saturated heterocycles. The van der Waals surface area contributed by atoms with Gasteiger partial charge < -0.3 is 0 Å². The van der Waals surface area contributed by atoms with Crippen LogP contribution >= 0.6 is 0 Å². The molecular weight excluding hydrogens is 637 g/mol. The lowest BCUT2D eigenvalue weighted by atomic mass is 10.0. The smallest absolute Gasteiger partial charge is 0.215 e. The molecule has 0 unspecified atom stereocenters. The summed E-state index contributed by atoms with van der Waals surface area (Å²) in [6, 6.07) is 7.14. The maximum atomic E-state index is 13.0. The first kappa shape index (κ1) is 39.9. The van der Waals surface area contributed by atoms with E-state index in [0.29, 0.717) is 25.8 Å². The van der Waals surface area contributed by atoms with E-state index in [1.807, 2.05) is 9.66 Å². The molecule has 0 aliphatic carbocycles. The van der Waals surface area contributed by atoms with E-state index in [1.165, 1.54) is 49.8 Å². The Morgan fingerprint density at radius 2 is 1.05 bits per heavy atom. The van der Waals surface area contributed by atoms with Crippen LogP contribution in [-0.4, -0.2) is 62.5 Å². The molecular formula is C27H52N4O8S4. The van der Waals surface area contributed by atoms with E-state index >= 15 is 0 Å². The second-order valence-corrected chi connectivity index (χ2v) is 18.1. The van der Waals surface area contributed by atoms with Crippen molar-refractivity contribution < 1.29 is 33.7 Å². The first-order chi connectivity index (χ1) is 20.2. The van der Waals surface area contributed by atoms with Crippen molar-refractivity contribution in [2.24, 2.45) is 0 Å². The molecule has 0 amide bonds. The van der Waals surface area contributed by atoms with Gasteiger partial charge in [-0.1, -0.05) is 109 Å². The highest BCUT2D eigenvalue weighted by Crippen LogP contribution is 2.15. The Morgan fingerprint density at radius 3 is 1.51 bits per heavy atom. The Hall–Kier alpha value is -1.14. The van der Waals surface area contributed by atoms with Crippen molar-refractivity contribution in [1.82, 2.24) is 18.9 Å². The van der Waals surface area contributed by atoms with E-state index in [2.05, 4.69) is 4.72 Å². The molecule has 0 aromatic heterocycles. The molecule has 12 nitrogen and oxygen atoms in total. The lowest BCUT2D eigenvalue weighted by Crippen LogP contribution is -2.56. The summed E-state index contributed by atoms with van der Waals surface area (Å²) in [6.07, 6.45) is 15.8. The van der Waals surface area contributed by atoms with Crippen molar-refractivity contribution in [3.8, 4) is 0 Å². The Bertz CT molecular complexity index is 1320. The number of nitrogens with zero attached hydrogens (tertiary/aromatic N) is 1. The van der Waals surface area contributed by atoms with Crippen molar-refractivity contribution in [1.29, 1.82) is 0 Å². The van der Waals surface area contributed by atoms with Crippen molar-refractivity contribution in [3.05, 3.63) is 30.3 Å². The summed E-state index contributed by atoms with van der Waals surface area (Å²) in [5, 5.41) is 0. The predicted molar refractivity (Wildman–Crippen MR) is 172 cm³/mol. The van der Waals surface area contributed by atoms with Crippen LogP contribution < -0.4 is 14.4 Å². The van der Waals surface area contributed by atoms with E-state index in [0.717, 1.165) is 57.8 Å². The molecule has 0 spiro atoms. The minimum Gasteiger partial charge on any atom is -0.215 e. The van der Waals surface area contributed by atoms with Gasteiger partial charge in [-0.05, 0) is 35.9 Å². The van der Waals surface area contributed by atoms with Gasteiger partial charge in [0.05, 0.1) is 22.7 Å². The number of hydrogen-bond donors (Lipinski definition) is 3. The maximum absolute atomic E-state index is 13.0. The predicted octanol–water partition coefficient (Wildman–Crippen LogP) is 4.16. The van der Waals surface area contributed by atoms with Gasteiger partial charge in [-0.15, -0.1) is 9.66 Å². The third-order valence-electron chi connectivity index (χ3n) is 6.72. The van der Waals surface area contributed by atoms with Crippen LogP contribution in [0, 0.1) is 0 Å². The van der Waals surface area contributed by atoms with E-state index < -0.39 is 45.8 Å². The van der Waals surface area contributed by atoms with Crippen LogP contribution in [0.4, 0.5) is 0 Å². The van der Waals surface area contributed by atoms with Crippen LogP contribution in [0.2, 0.25) is 0 Å². The fraction of sp³-hybridized carbons (Fsp3) is 0.778. The van der Waals surface area contributed by atoms with Gasteiger partial charge in [0.15, 0.2) is 0 Å². The Labute approximate surface area is 260 Å². The van der Waals surface area contributed by atoms with Gasteiger partial charge in [-0.2, -0.15) is 0 Å². The van der Waals surface area contributed by atoms with Crippen LogP contribution in [0.3, 0.4) is 0 Å². The third kappa shape index (κ3) is 19.8. The molecule has 0 bridgehead atoms. The van der Waals surface area contributed by atoms with Crippen LogP contribution in [0.1, 0.15) is 110 Å². The molecule has 0 saturated carbocycles. The highest BCUT2D eigenvalue weighted by atomic mass is 32.2. The normalized spacial score (nSPS) is 13.1. The van der Waals surface area contributed by atoms with Crippen LogP contribution in [-0.2, 0) is 40.1 Å². The fourth-order valence-electron chi connectivity index (χ4n) is 4.28. The summed E-state index contributed by atoms with van der Waals surface area (Å²) >= 11 is 0. The molecule has 3 N–H and O–H groups in total. The number of hydrogen-bond acceptors (Lipinski definition) is 8. The van der Waals surface area contributed by atoms with Gasteiger partial charge in [-0.25, -0.2) is 38.4 Å². The van der Waals surface area contributed by atoms with Gasteiger partial charge >= 0.3 is 0 Å². The topological polar surface area (TPSA) is 176 Å². The quantitative estimate of drug-likeness (QED) is 0.0912. The summed E-state index contributed by atoms with van der Waals surface area (Å²) in [5.41, 5.74) is 0. The van der Waals surface area contributed by atoms with Crippen LogP contribution in [0.25, 0.3) is 0 Å². The lowest BCUT2D eigenvalue weighted by molar-refractivity contribution is 0.343. The van der Waals surface area contributed by atoms with Crippen molar-refractivity contribution in [2.45, 2.75) is 115 Å². The molecule has 1 aromatic carbocycles. The highest BCUT2D eigenvalue weighted by molar-refractivity contribution is 7.93. The maximum Gasteiger partial charge on any atom is 0.255 e. The number of hydrazine groups is 2. The monoisotopic (exact) mass is 688 g/mol. The number of nitrogens with one attached hydrogen (secondary N) is 3. The summed E-state index contributed by atoms with van der Waals surface area (Å²) in [5.74, 6) is -0.746. The van der Waals surface area contributed by atoms with Gasteiger partial charge in [0.2, 0.25) is 30.1 Å². The Balaban J connectivity index is 2.34. The van der Waals surface area contributed by atoms with E-state index in [1.54, 1.807) is 13.0 Å². The number of rotatable bonds is 27. The first-order valence-corrected chi connectivity index (χ1v) is 21.9. The Kier molecular flexibility index (Phi) is 19.3. The van der Waals surface area contributed by atoms with Crippen molar-refractivity contribution in [2.75, 3.05) is 24.3 Å². The molecule has 0 fully saturated rings. The molecule has 0 radical (unpaired) electrons. The zero-order chi connectivity index (χ0) is 32.2. The van der Waals surface area contributed by atoms with Crippen molar-refractivity contribution in [3.63, 3.8) is 0 Å². The number of unbranched alkanes of at least 4 members (excludes halogenated alkanes) is 14. The molecule has 0 aliphatic heterocycles. The molecule has 16 heteroatoms. The average Bonchev–Trinajstić information content (AvgIpc) is 2.93. The second-order valence-electron chi connectivity index (χ2n) is 10.9. The largest absolute Gasteiger partial charge is 0.255 e. The minimum atomic E-state index is -4.35. The summed E-state index contributed by atoms with van der Waals surface area (Å²) in [4.78, 5) is 3.61. The molecule has 0 aliphatic rings. The highest BCUT2D eigenvalue weighted by Gasteiger charge is 2.31. The Morgan fingerprint density at radius 1 is 0.581 bits per heavy atom. The van der Waals surface area contributed by atoms with Gasteiger partial charge in [0.25, 0.3) is 10.0 Å². The average molecular weight is 689 g/mol. The van der Waals surface area contributed by atoms with Crippen LogP contribution in [0.15, 0.2) is 35.2 Å². The summed E-state index contributed by atoms with van der Waals surface area (Å²) in [7, 11) is -15.9. The number of sulfonamides is 4. The van der Waals surface area contributed by atoms with Gasteiger partial charge in [0.1, 0.15) is 0 Å². The molecule has 0 heterocycles. The zero-order valence-corrected chi connectivity index (χ0v) is 28.9. The van der Waals surface area contributed by atoms with E-state index in [9.17, 15) is 33.7 Å². The summed E-state index contributed by atoms with van der Waals surface area (Å²) < 4.78 is 101. The zero-order valence-electron chi connectivity index (χ0n) is 25.7. The number of benzene rings is 1. The second kappa shape index (κ2) is 20.8. The van der Waals surface area contributed by atoms with Gasteiger partial charge in [-0.3, -0.25) is 0 Å². The molecule has 43 heavy (non-hydrogen) atoms. The molecule has 1 rings (SSSR count). The van der Waals surface area contributed by atoms with E-state index in [4.69, 9.17) is 0 Å². The minimum absolute atomic E-state index is 0.136. The van der Waals surface area contributed by atoms with E-state index in [-0.39, 0.29) is 21.6 Å². The SMILES string of the molecule is CCCCS(=O)(=O)NN(NS(=O)(=O)c1ccccc1)S(=O)(=O)CCCCCCCCCCCCCCCCNS(C)(=O)=O. The van der Waals surface area contributed by atoms with Crippen LogP contribution in [0.5, 0.6) is 0 Å². The van der Waals surface area contributed by atoms with Crippen molar-refractivity contribution >= 4 is 40.1 Å². The lowest BCUT2D eigenvalue weighted by Gasteiger charge is -2.23. The molecule has 252 valence electrons. The van der Waals surface area contributed by atoms with Gasteiger partial charge in [0, 0.05) is 6.54 Å². The molecule has 0 atom stereocenters. The summed E-state index contributed by atoms with van der Waals surface area (Å²) in [6.45, 7) is 2.30. The standard InChI is InChI=1S/C27H52N4O8S4/c1-3-4-25-41(34,35)29-31(30-43(38,39)27-22-18-17-19-23-27)42(36,37)26-21-16-14-12-10-8-6-5-7-9-11-13-15-20-24-28-40(2,32)33/h17-19,22-23,28-30H,3-16,20-21,24-26H2,1-2H3. The fourth-order valence-corrected chi connectivity index (χ4v) is 9.09.